The van der Waals surface area contributed by atoms with E-state index in [2.05, 4.69) is 20.5 Å². The molecule has 9 heteroatoms. The van der Waals surface area contributed by atoms with Gasteiger partial charge in [-0.25, -0.2) is 4.68 Å². The van der Waals surface area contributed by atoms with Crippen LogP contribution in [0.3, 0.4) is 0 Å². The lowest BCUT2D eigenvalue weighted by molar-refractivity contribution is -0.140. The van der Waals surface area contributed by atoms with Gasteiger partial charge in [0, 0.05) is 13.1 Å². The number of nitrogens with zero attached hydrogens (tertiary/aromatic N) is 7. The van der Waals surface area contributed by atoms with Crippen molar-refractivity contribution < 1.29 is 9.53 Å². The van der Waals surface area contributed by atoms with E-state index in [1.807, 2.05) is 33.8 Å². The molecular formula is C16H17N7O2. The maximum Gasteiger partial charge on any atom is 0.246 e. The van der Waals surface area contributed by atoms with E-state index in [9.17, 15) is 4.79 Å². The normalized spacial score (nSPS) is 22.6. The van der Waals surface area contributed by atoms with Gasteiger partial charge in [0.15, 0.2) is 0 Å². The molecule has 1 amide bonds. The summed E-state index contributed by atoms with van der Waals surface area (Å²) >= 11 is 0. The minimum absolute atomic E-state index is 0.00624. The fraction of sp³-hybridized carbons (Fsp3) is 0.438. The molecule has 1 aromatic carbocycles. The highest BCUT2D eigenvalue weighted by Gasteiger charge is 2.37. The van der Waals surface area contributed by atoms with E-state index < -0.39 is 0 Å². The molecule has 0 aliphatic carbocycles. The third-order valence-corrected chi connectivity index (χ3v) is 4.89. The molecular weight excluding hydrogens is 322 g/mol. The summed E-state index contributed by atoms with van der Waals surface area (Å²) in [6, 6.07) is 7.75. The number of carbonyl (C=O) groups is 1. The zero-order valence-corrected chi connectivity index (χ0v) is 13.5. The molecule has 5 rings (SSSR count). The van der Waals surface area contributed by atoms with Crippen LogP contribution in [0.15, 0.2) is 30.5 Å². The Hall–Kier alpha value is -2.81. The number of likely N-dealkylation sites (tertiary alicyclic amines) is 1. The second-order valence-corrected chi connectivity index (χ2v) is 6.43. The van der Waals surface area contributed by atoms with Crippen LogP contribution in [0, 0.1) is 0 Å². The minimum atomic E-state index is -0.0449. The third-order valence-electron chi connectivity index (χ3n) is 4.89. The average Bonchev–Trinajstić information content (AvgIpc) is 3.27. The Labute approximate surface area is 143 Å². The van der Waals surface area contributed by atoms with Gasteiger partial charge in [-0.2, -0.15) is 15.0 Å². The van der Waals surface area contributed by atoms with E-state index in [0.717, 1.165) is 23.1 Å². The van der Waals surface area contributed by atoms with Crippen LogP contribution in [0.1, 0.15) is 18.2 Å². The van der Waals surface area contributed by atoms with Crippen LogP contribution in [0.4, 0.5) is 0 Å². The fourth-order valence-electron chi connectivity index (χ4n) is 3.61. The lowest BCUT2D eigenvalue weighted by Crippen LogP contribution is -2.51. The number of benzene rings is 1. The van der Waals surface area contributed by atoms with Crippen LogP contribution in [-0.4, -0.2) is 60.0 Å². The number of hydrogen-bond acceptors (Lipinski definition) is 6. The van der Waals surface area contributed by atoms with Gasteiger partial charge in [0.05, 0.1) is 30.6 Å². The number of hydrogen-bond donors (Lipinski definition) is 0. The number of carbonyl (C=O) groups excluding carboxylic acids is 1. The van der Waals surface area contributed by atoms with E-state index in [1.54, 1.807) is 6.20 Å². The van der Waals surface area contributed by atoms with E-state index in [0.29, 0.717) is 19.7 Å². The minimum Gasteiger partial charge on any atom is -0.368 e. The molecule has 2 atom stereocenters. The van der Waals surface area contributed by atoms with Crippen molar-refractivity contribution in [1.82, 2.24) is 34.9 Å². The van der Waals surface area contributed by atoms with Gasteiger partial charge in [0.25, 0.3) is 0 Å². The molecule has 0 saturated carbocycles. The van der Waals surface area contributed by atoms with Crippen molar-refractivity contribution in [1.29, 1.82) is 0 Å². The highest BCUT2D eigenvalue weighted by molar-refractivity contribution is 5.77. The molecule has 1 fully saturated rings. The van der Waals surface area contributed by atoms with Crippen molar-refractivity contribution in [2.75, 3.05) is 13.1 Å². The molecule has 0 spiro atoms. The fourth-order valence-corrected chi connectivity index (χ4v) is 3.61. The summed E-state index contributed by atoms with van der Waals surface area (Å²) in [5.41, 5.74) is 2.58. The first-order valence-corrected chi connectivity index (χ1v) is 8.36. The van der Waals surface area contributed by atoms with E-state index in [4.69, 9.17) is 4.74 Å². The number of fused-ring (bicyclic) bond motifs is 4. The van der Waals surface area contributed by atoms with E-state index in [1.165, 1.54) is 4.80 Å². The summed E-state index contributed by atoms with van der Waals surface area (Å²) in [4.78, 5) is 15.9. The van der Waals surface area contributed by atoms with E-state index >= 15 is 0 Å². The molecule has 2 aromatic heterocycles. The van der Waals surface area contributed by atoms with Crippen molar-refractivity contribution in [2.24, 2.45) is 0 Å². The Morgan fingerprint density at radius 2 is 2.04 bits per heavy atom. The monoisotopic (exact) mass is 339 g/mol. The Kier molecular flexibility index (Phi) is 3.27. The first kappa shape index (κ1) is 14.5. The van der Waals surface area contributed by atoms with Gasteiger partial charge in [-0.3, -0.25) is 4.79 Å². The summed E-state index contributed by atoms with van der Waals surface area (Å²) in [5, 5.41) is 16.8. The highest BCUT2D eigenvalue weighted by Crippen LogP contribution is 2.30. The highest BCUT2D eigenvalue weighted by atomic mass is 16.5. The number of piperidine rings is 1. The predicted octanol–water partition coefficient (Wildman–Crippen LogP) is 0.395. The quantitative estimate of drug-likeness (QED) is 0.671. The Balaban J connectivity index is 1.29. The Morgan fingerprint density at radius 3 is 2.84 bits per heavy atom. The third kappa shape index (κ3) is 2.47. The second-order valence-electron chi connectivity index (χ2n) is 6.43. The first-order chi connectivity index (χ1) is 12.3. The first-order valence-electron chi connectivity index (χ1n) is 8.36. The summed E-state index contributed by atoms with van der Waals surface area (Å²) in [7, 11) is 0. The maximum atomic E-state index is 12.6. The zero-order valence-electron chi connectivity index (χ0n) is 13.5. The Morgan fingerprint density at radius 1 is 1.24 bits per heavy atom. The van der Waals surface area contributed by atoms with Gasteiger partial charge in [0.2, 0.25) is 5.91 Å². The van der Waals surface area contributed by atoms with Gasteiger partial charge in [-0.1, -0.05) is 17.3 Å². The van der Waals surface area contributed by atoms with Gasteiger partial charge in [-0.15, -0.1) is 5.10 Å². The van der Waals surface area contributed by atoms with Crippen molar-refractivity contribution in [3.8, 4) is 0 Å². The molecule has 1 saturated heterocycles. The van der Waals surface area contributed by atoms with Gasteiger partial charge < -0.3 is 9.64 Å². The largest absolute Gasteiger partial charge is 0.368 e. The lowest BCUT2D eigenvalue weighted by Gasteiger charge is -2.40. The predicted molar refractivity (Wildman–Crippen MR) is 86.4 cm³/mol. The van der Waals surface area contributed by atoms with Crippen molar-refractivity contribution >= 4 is 16.9 Å². The van der Waals surface area contributed by atoms with Crippen molar-refractivity contribution in [3.05, 3.63) is 36.2 Å². The maximum absolute atomic E-state index is 12.6. The molecule has 0 N–H and O–H groups in total. The molecule has 0 radical (unpaired) electrons. The van der Waals surface area contributed by atoms with Crippen LogP contribution < -0.4 is 0 Å². The summed E-state index contributed by atoms with van der Waals surface area (Å²) in [5.74, 6) is 0.00624. The van der Waals surface area contributed by atoms with E-state index in [-0.39, 0.29) is 24.6 Å². The molecule has 2 aliphatic rings. The van der Waals surface area contributed by atoms with Crippen molar-refractivity contribution in [3.63, 3.8) is 0 Å². The van der Waals surface area contributed by atoms with Crippen LogP contribution in [0.2, 0.25) is 0 Å². The molecule has 4 heterocycles. The average molecular weight is 339 g/mol. The van der Waals surface area contributed by atoms with Crippen LogP contribution in [-0.2, 0) is 22.7 Å². The molecule has 9 nitrogen and oxygen atoms in total. The van der Waals surface area contributed by atoms with Crippen LogP contribution in [0.25, 0.3) is 11.0 Å². The zero-order chi connectivity index (χ0) is 16.8. The summed E-state index contributed by atoms with van der Waals surface area (Å²) < 4.78 is 7.85. The topological polar surface area (TPSA) is 91.0 Å². The number of ether oxygens (including phenoxy) is 1. The van der Waals surface area contributed by atoms with Crippen LogP contribution in [0.5, 0.6) is 0 Å². The number of aromatic nitrogens is 6. The van der Waals surface area contributed by atoms with Gasteiger partial charge in [-0.05, 0) is 18.6 Å². The van der Waals surface area contributed by atoms with Crippen molar-refractivity contribution in [2.45, 2.75) is 31.7 Å². The number of rotatable bonds is 2. The molecule has 0 bridgehead atoms. The summed E-state index contributed by atoms with van der Waals surface area (Å²) in [6.45, 7) is 1.86. The van der Waals surface area contributed by atoms with Gasteiger partial charge >= 0.3 is 0 Å². The smallest absolute Gasteiger partial charge is 0.246 e. The molecule has 25 heavy (non-hydrogen) atoms. The summed E-state index contributed by atoms with van der Waals surface area (Å²) in [6.07, 6.45) is 2.50. The Bertz CT molecular complexity index is 900. The molecule has 3 aromatic rings. The van der Waals surface area contributed by atoms with Gasteiger partial charge in [0.1, 0.15) is 17.6 Å². The lowest BCUT2D eigenvalue weighted by atomic mass is 10.00. The standard InChI is InChI=1S/C16H17N7O2/c24-16(9-22-18-12-3-1-2-4-13(12)19-22)21-6-5-14-15(8-21)25-10-11-7-17-20-23(11)14/h1-4,7,14-15H,5-6,8-10H2/t14-,15-/m0/s1. The second kappa shape index (κ2) is 5.62. The molecule has 2 aliphatic heterocycles. The van der Waals surface area contributed by atoms with Crippen LogP contribution >= 0.6 is 0 Å². The molecule has 0 unspecified atom stereocenters. The number of amides is 1. The molecule has 128 valence electrons. The SMILES string of the molecule is O=C(Cn1nc2ccccc2n1)N1CC[C@H]2[C@H](C1)OCc1cnnn12.